The van der Waals surface area contributed by atoms with Crippen LogP contribution in [0.4, 0.5) is 15.8 Å². The van der Waals surface area contributed by atoms with Crippen LogP contribution in [0.1, 0.15) is 18.1 Å². The lowest BCUT2D eigenvalue weighted by molar-refractivity contribution is 0.632. The molecule has 0 atom stereocenters. The summed E-state index contributed by atoms with van der Waals surface area (Å²) < 4.78 is 13.7. The van der Waals surface area contributed by atoms with Crippen LogP contribution in [-0.2, 0) is 6.42 Å². The van der Waals surface area contributed by atoms with Crippen LogP contribution in [0.2, 0.25) is 0 Å². The number of aromatic amines is 1. The molecule has 2 aromatic heterocycles. The number of hydrogen-bond acceptors (Lipinski definition) is 5. The lowest BCUT2D eigenvalue weighted by Gasteiger charge is -2.14. The normalized spacial score (nSPS) is 10.9. The number of hydrogen-bond donors (Lipinski definition) is 4. The maximum absolute atomic E-state index is 13.7. The zero-order chi connectivity index (χ0) is 17.4. The van der Waals surface area contributed by atoms with Crippen molar-refractivity contribution in [2.24, 2.45) is 0 Å². The molecular formula is C17H16FN5O. The number of aromatic nitrogens is 2. The second-order valence-corrected chi connectivity index (χ2v) is 5.40. The van der Waals surface area contributed by atoms with Gasteiger partial charge in [0.1, 0.15) is 11.5 Å². The maximum Gasteiger partial charge on any atom is 0.272 e. The van der Waals surface area contributed by atoms with Gasteiger partial charge in [-0.2, -0.15) is 0 Å². The highest BCUT2D eigenvalue weighted by Crippen LogP contribution is 2.34. The molecule has 3 aromatic rings. The first-order valence-corrected chi connectivity index (χ1v) is 7.37. The quantitative estimate of drug-likeness (QED) is 0.436. The maximum atomic E-state index is 13.7. The number of nitrogens with one attached hydrogen (secondary N) is 2. The van der Waals surface area contributed by atoms with Gasteiger partial charge in [-0.05, 0) is 29.7 Å². The lowest BCUT2D eigenvalue weighted by atomic mass is 9.96. The Kier molecular flexibility index (Phi) is 3.76. The Balaban J connectivity index is 2.46. The summed E-state index contributed by atoms with van der Waals surface area (Å²) >= 11 is 0. The van der Waals surface area contributed by atoms with Gasteiger partial charge in [-0.25, -0.2) is 4.39 Å². The number of pyridine rings is 2. The van der Waals surface area contributed by atoms with Crippen molar-refractivity contribution in [1.29, 1.82) is 5.41 Å². The van der Waals surface area contributed by atoms with E-state index in [4.69, 9.17) is 16.9 Å². The predicted octanol–water partition coefficient (Wildman–Crippen LogP) is 2.45. The third-order valence-electron chi connectivity index (χ3n) is 4.00. The van der Waals surface area contributed by atoms with E-state index < -0.39 is 11.4 Å². The number of benzene rings is 1. The number of rotatable bonds is 3. The minimum Gasteiger partial charge on any atom is -0.396 e. The van der Waals surface area contributed by atoms with Crippen LogP contribution in [0.25, 0.3) is 22.2 Å². The minimum atomic E-state index is -0.633. The van der Waals surface area contributed by atoms with E-state index in [1.165, 1.54) is 12.1 Å². The van der Waals surface area contributed by atoms with Gasteiger partial charge in [0, 0.05) is 23.5 Å². The summed E-state index contributed by atoms with van der Waals surface area (Å²) in [6, 6.07) is 4.46. The monoisotopic (exact) mass is 325 g/mol. The van der Waals surface area contributed by atoms with Crippen LogP contribution in [0.5, 0.6) is 0 Å². The average Bonchev–Trinajstić information content (AvgIpc) is 2.58. The highest BCUT2D eigenvalue weighted by molar-refractivity contribution is 6.04. The van der Waals surface area contributed by atoms with E-state index in [0.717, 1.165) is 18.2 Å². The van der Waals surface area contributed by atoms with Crippen molar-refractivity contribution in [2.75, 3.05) is 11.5 Å². The molecule has 3 rings (SSSR count). The molecule has 0 bridgehead atoms. The number of H-pyrrole nitrogens is 1. The molecule has 0 aliphatic carbocycles. The van der Waals surface area contributed by atoms with Gasteiger partial charge in [0.25, 0.3) is 5.56 Å². The summed E-state index contributed by atoms with van der Waals surface area (Å²) in [6.45, 7) is 1.98. The van der Waals surface area contributed by atoms with Gasteiger partial charge in [-0.3, -0.25) is 9.78 Å². The molecule has 0 spiro atoms. The SMILES string of the molecule is CCc1cnc2c(-c3ccc(F)c(N)c3C=N)c(N)c(=O)[nH]c2c1. The van der Waals surface area contributed by atoms with Crippen LogP contribution in [0.15, 0.2) is 29.2 Å². The Morgan fingerprint density at radius 2 is 2.08 bits per heavy atom. The van der Waals surface area contributed by atoms with Crippen LogP contribution in [0.3, 0.4) is 0 Å². The molecule has 122 valence electrons. The molecule has 0 saturated carbocycles. The van der Waals surface area contributed by atoms with E-state index in [1.807, 2.05) is 13.0 Å². The summed E-state index contributed by atoms with van der Waals surface area (Å²) in [5, 5.41) is 7.55. The largest absolute Gasteiger partial charge is 0.396 e. The standard InChI is InChI=1S/C17H16FN5O/c1-2-8-5-12-16(22-7-8)13(15(21)17(24)23-12)9-3-4-11(18)14(20)10(9)6-19/h3-7,19H,2,20-21H2,1H3,(H,23,24). The molecule has 1 aromatic carbocycles. The van der Waals surface area contributed by atoms with Gasteiger partial charge in [0.05, 0.1) is 16.7 Å². The van der Waals surface area contributed by atoms with Crippen molar-refractivity contribution in [3.63, 3.8) is 0 Å². The topological polar surface area (TPSA) is 122 Å². The smallest absolute Gasteiger partial charge is 0.272 e. The van der Waals surface area contributed by atoms with Crippen molar-refractivity contribution in [1.82, 2.24) is 9.97 Å². The van der Waals surface area contributed by atoms with E-state index in [2.05, 4.69) is 9.97 Å². The first-order chi connectivity index (χ1) is 11.5. The van der Waals surface area contributed by atoms with E-state index >= 15 is 0 Å². The number of anilines is 2. The van der Waals surface area contributed by atoms with Crippen LogP contribution < -0.4 is 17.0 Å². The number of nitrogen functional groups attached to an aromatic ring is 2. The summed E-state index contributed by atoms with van der Waals surface area (Å²) in [5.41, 5.74) is 13.9. The van der Waals surface area contributed by atoms with Gasteiger partial charge < -0.3 is 21.9 Å². The summed E-state index contributed by atoms with van der Waals surface area (Å²) in [4.78, 5) is 19.3. The second kappa shape index (κ2) is 5.77. The fourth-order valence-corrected chi connectivity index (χ4v) is 2.68. The summed E-state index contributed by atoms with van der Waals surface area (Å²) in [5.74, 6) is -0.633. The lowest BCUT2D eigenvalue weighted by Crippen LogP contribution is -2.15. The van der Waals surface area contributed by atoms with Gasteiger partial charge in [0.2, 0.25) is 0 Å². The van der Waals surface area contributed by atoms with Crippen molar-refractivity contribution >= 4 is 28.6 Å². The van der Waals surface area contributed by atoms with Gasteiger partial charge >= 0.3 is 0 Å². The first-order valence-electron chi connectivity index (χ1n) is 7.37. The fraction of sp³-hybridized carbons (Fsp3) is 0.118. The van der Waals surface area contributed by atoms with Crippen LogP contribution in [0, 0.1) is 11.2 Å². The fourth-order valence-electron chi connectivity index (χ4n) is 2.68. The van der Waals surface area contributed by atoms with Crippen molar-refractivity contribution in [3.05, 3.63) is 51.7 Å². The Bertz CT molecular complexity index is 1030. The molecule has 0 fully saturated rings. The van der Waals surface area contributed by atoms with Crippen molar-refractivity contribution < 1.29 is 4.39 Å². The Morgan fingerprint density at radius 3 is 2.75 bits per heavy atom. The number of halogens is 1. The van der Waals surface area contributed by atoms with E-state index in [9.17, 15) is 9.18 Å². The molecule has 0 aliphatic heterocycles. The summed E-state index contributed by atoms with van der Waals surface area (Å²) in [6.07, 6.45) is 3.40. The number of fused-ring (bicyclic) bond motifs is 1. The zero-order valence-corrected chi connectivity index (χ0v) is 13.0. The van der Waals surface area contributed by atoms with Gasteiger partial charge in [0.15, 0.2) is 0 Å². The minimum absolute atomic E-state index is 0.0478. The predicted molar refractivity (Wildman–Crippen MR) is 93.8 cm³/mol. The Labute approximate surface area is 136 Å². The third kappa shape index (κ3) is 2.30. The molecule has 6 N–H and O–H groups in total. The first kappa shape index (κ1) is 15.7. The summed E-state index contributed by atoms with van der Waals surface area (Å²) in [7, 11) is 0. The van der Waals surface area contributed by atoms with E-state index in [1.54, 1.807) is 6.20 Å². The molecule has 0 aliphatic rings. The number of aryl methyl sites for hydroxylation is 1. The molecule has 2 heterocycles. The van der Waals surface area contributed by atoms with Crippen molar-refractivity contribution in [2.45, 2.75) is 13.3 Å². The van der Waals surface area contributed by atoms with E-state index in [-0.39, 0.29) is 16.9 Å². The average molecular weight is 325 g/mol. The van der Waals surface area contributed by atoms with Crippen LogP contribution in [-0.4, -0.2) is 16.2 Å². The molecule has 7 heteroatoms. The van der Waals surface area contributed by atoms with Crippen LogP contribution >= 0.6 is 0 Å². The molecule has 0 unspecified atom stereocenters. The number of nitrogens with two attached hydrogens (primary N) is 2. The third-order valence-corrected chi connectivity index (χ3v) is 4.00. The highest BCUT2D eigenvalue weighted by atomic mass is 19.1. The van der Waals surface area contributed by atoms with E-state index in [0.29, 0.717) is 22.2 Å². The second-order valence-electron chi connectivity index (χ2n) is 5.40. The highest BCUT2D eigenvalue weighted by Gasteiger charge is 2.18. The molecule has 24 heavy (non-hydrogen) atoms. The van der Waals surface area contributed by atoms with Gasteiger partial charge in [-0.15, -0.1) is 0 Å². The molecule has 0 radical (unpaired) electrons. The zero-order valence-electron chi connectivity index (χ0n) is 13.0. The molecule has 0 saturated heterocycles. The Morgan fingerprint density at radius 1 is 1.33 bits per heavy atom. The van der Waals surface area contributed by atoms with Crippen molar-refractivity contribution in [3.8, 4) is 11.1 Å². The molecule has 0 amide bonds. The van der Waals surface area contributed by atoms with Gasteiger partial charge in [-0.1, -0.05) is 13.0 Å². The molecular weight excluding hydrogens is 309 g/mol. The molecule has 6 nitrogen and oxygen atoms in total. The number of nitrogens with zero attached hydrogens (tertiary/aromatic N) is 1. The Hall–Kier alpha value is -3.22.